The Balaban J connectivity index is 2.19. The van der Waals surface area contributed by atoms with Gasteiger partial charge in [-0.1, -0.05) is 42.8 Å². The Hall–Kier alpha value is -1.78. The molecule has 0 spiro atoms. The zero-order valence-electron chi connectivity index (χ0n) is 16.8. The van der Waals surface area contributed by atoms with E-state index >= 15 is 0 Å². The molecule has 2 aromatic carbocycles. The number of rotatable bonds is 3. The fraction of sp³-hybridized carbons (Fsp3) is 0.391. The summed E-state index contributed by atoms with van der Waals surface area (Å²) in [6, 6.07) is 13.4. The maximum absolute atomic E-state index is 13.3. The molecule has 1 fully saturated rings. The fourth-order valence-electron chi connectivity index (χ4n) is 3.92. The van der Waals surface area contributed by atoms with E-state index < -0.39 is 26.2 Å². The summed E-state index contributed by atoms with van der Waals surface area (Å²) in [7, 11) is -1.58. The van der Waals surface area contributed by atoms with Gasteiger partial charge < -0.3 is 0 Å². The molecule has 1 aliphatic rings. The second-order valence-electron chi connectivity index (χ2n) is 8.22. The number of hydrogen-bond donors (Lipinski definition) is 0. The Bertz CT molecular complexity index is 944. The molecular weight excluding hydrogens is 392 g/mol. The summed E-state index contributed by atoms with van der Waals surface area (Å²) in [6.45, 7) is 8.73. The zero-order valence-corrected chi connectivity index (χ0v) is 18.4. The molecule has 3 rings (SSSR count). The van der Waals surface area contributed by atoms with E-state index in [-0.39, 0.29) is 11.6 Å². The average Bonchev–Trinajstić information content (AvgIpc) is 2.66. The van der Waals surface area contributed by atoms with Gasteiger partial charge in [0.1, 0.15) is 15.4 Å². The lowest BCUT2D eigenvalue weighted by Gasteiger charge is -2.41. The van der Waals surface area contributed by atoms with Crippen LogP contribution < -0.4 is 0 Å². The van der Waals surface area contributed by atoms with Crippen molar-refractivity contribution in [2.45, 2.75) is 56.5 Å². The van der Waals surface area contributed by atoms with Crippen LogP contribution >= 0.6 is 11.6 Å². The molecule has 5 heteroatoms. The van der Waals surface area contributed by atoms with E-state index in [1.54, 1.807) is 27.7 Å². The second kappa shape index (κ2) is 7.23. The standard InChI is InChI=1S/C23H25ClO3S/c1-6-14-7-8-16(15-9-11-17(24)12-10-15)13-18(14)19-20(25)22(2,3)28(27)23(4,5)21(19)26/h7-13,19H,6H2,1-5H3. The molecule has 1 heterocycles. The maximum atomic E-state index is 13.3. The lowest BCUT2D eigenvalue weighted by molar-refractivity contribution is -0.132. The topological polar surface area (TPSA) is 51.2 Å². The van der Waals surface area contributed by atoms with Gasteiger partial charge in [0.2, 0.25) is 0 Å². The Kier molecular flexibility index (Phi) is 5.41. The Morgan fingerprint density at radius 1 is 0.893 bits per heavy atom. The van der Waals surface area contributed by atoms with Crippen molar-refractivity contribution < 1.29 is 13.8 Å². The number of halogens is 1. The third-order valence-corrected chi connectivity index (χ3v) is 8.16. The minimum absolute atomic E-state index is 0.266. The van der Waals surface area contributed by atoms with E-state index in [0.717, 1.165) is 22.3 Å². The zero-order chi connectivity index (χ0) is 20.9. The number of ketones is 2. The summed E-state index contributed by atoms with van der Waals surface area (Å²) in [6.07, 6.45) is 0.706. The number of hydrogen-bond acceptors (Lipinski definition) is 3. The molecule has 148 valence electrons. The van der Waals surface area contributed by atoms with E-state index in [2.05, 4.69) is 0 Å². The van der Waals surface area contributed by atoms with Gasteiger partial charge in [-0.25, -0.2) is 0 Å². The molecule has 1 aliphatic heterocycles. The van der Waals surface area contributed by atoms with Crippen molar-refractivity contribution >= 4 is 34.0 Å². The maximum Gasteiger partial charge on any atom is 0.165 e. The lowest BCUT2D eigenvalue weighted by Crippen LogP contribution is -2.59. The van der Waals surface area contributed by atoms with Gasteiger partial charge in [0.15, 0.2) is 11.6 Å². The minimum atomic E-state index is -1.58. The van der Waals surface area contributed by atoms with Crippen molar-refractivity contribution in [3.63, 3.8) is 0 Å². The molecule has 28 heavy (non-hydrogen) atoms. The smallest absolute Gasteiger partial charge is 0.165 e. The van der Waals surface area contributed by atoms with Crippen molar-refractivity contribution in [1.29, 1.82) is 0 Å². The van der Waals surface area contributed by atoms with E-state index in [1.807, 2.05) is 49.4 Å². The predicted octanol–water partition coefficient (Wildman–Crippen LogP) is 5.11. The minimum Gasteiger partial charge on any atom is -0.297 e. The predicted molar refractivity (Wildman–Crippen MR) is 115 cm³/mol. The molecule has 0 aromatic heterocycles. The first kappa shape index (κ1) is 20.9. The Morgan fingerprint density at radius 2 is 1.39 bits per heavy atom. The first-order valence-corrected chi connectivity index (χ1v) is 10.9. The molecule has 3 nitrogen and oxygen atoms in total. The summed E-state index contributed by atoms with van der Waals surface area (Å²) < 4.78 is 10.7. The molecule has 0 amide bonds. The van der Waals surface area contributed by atoms with Crippen LogP contribution in [0.5, 0.6) is 0 Å². The molecule has 0 atom stereocenters. The summed E-state index contributed by atoms with van der Waals surface area (Å²) in [5.74, 6) is -1.43. The van der Waals surface area contributed by atoms with Crippen LogP contribution in [0, 0.1) is 0 Å². The van der Waals surface area contributed by atoms with Crippen LogP contribution in [0.15, 0.2) is 42.5 Å². The van der Waals surface area contributed by atoms with Crippen LogP contribution in [-0.2, 0) is 26.8 Å². The highest BCUT2D eigenvalue weighted by Crippen LogP contribution is 2.42. The number of carbonyl (C=O) groups is 2. The van der Waals surface area contributed by atoms with E-state index in [1.165, 1.54) is 0 Å². The number of benzene rings is 2. The van der Waals surface area contributed by atoms with Crippen LogP contribution in [0.3, 0.4) is 0 Å². The normalized spacial score (nSPS) is 23.6. The van der Waals surface area contributed by atoms with Gasteiger partial charge in [-0.2, -0.15) is 0 Å². The molecule has 0 saturated carbocycles. The van der Waals surface area contributed by atoms with Crippen molar-refractivity contribution in [3.8, 4) is 11.1 Å². The van der Waals surface area contributed by atoms with Crippen LogP contribution in [0.4, 0.5) is 0 Å². The number of carbonyl (C=O) groups excluding carboxylic acids is 2. The van der Waals surface area contributed by atoms with E-state index in [4.69, 9.17) is 11.6 Å². The molecule has 0 bridgehead atoms. The van der Waals surface area contributed by atoms with E-state index in [9.17, 15) is 13.8 Å². The summed E-state index contributed by atoms with van der Waals surface area (Å²) in [5, 5.41) is 0.651. The highest BCUT2D eigenvalue weighted by Gasteiger charge is 2.57. The molecule has 0 unspecified atom stereocenters. The summed E-state index contributed by atoms with van der Waals surface area (Å²) in [4.78, 5) is 26.6. The third kappa shape index (κ3) is 3.27. The average molecular weight is 417 g/mol. The lowest BCUT2D eigenvalue weighted by atomic mass is 9.77. The molecular formula is C23H25ClO3S. The van der Waals surface area contributed by atoms with Crippen LogP contribution in [-0.4, -0.2) is 25.3 Å². The van der Waals surface area contributed by atoms with E-state index in [0.29, 0.717) is 11.4 Å². The van der Waals surface area contributed by atoms with Crippen LogP contribution in [0.1, 0.15) is 51.7 Å². The van der Waals surface area contributed by atoms with Gasteiger partial charge in [0.25, 0.3) is 0 Å². The highest BCUT2D eigenvalue weighted by atomic mass is 35.5. The Labute approximate surface area is 173 Å². The van der Waals surface area contributed by atoms with Gasteiger partial charge in [0.05, 0.1) is 0 Å². The fourth-order valence-corrected chi connectivity index (χ4v) is 5.93. The first-order chi connectivity index (χ1) is 13.0. The van der Waals surface area contributed by atoms with Crippen molar-refractivity contribution in [1.82, 2.24) is 0 Å². The third-order valence-electron chi connectivity index (χ3n) is 5.65. The van der Waals surface area contributed by atoms with Gasteiger partial charge in [-0.3, -0.25) is 13.8 Å². The largest absolute Gasteiger partial charge is 0.297 e. The van der Waals surface area contributed by atoms with Gasteiger partial charge in [0, 0.05) is 15.8 Å². The SMILES string of the molecule is CCc1ccc(-c2ccc(Cl)cc2)cc1C1C(=O)C(C)(C)S(=O)C(C)(C)C1=O. The van der Waals surface area contributed by atoms with Crippen molar-refractivity contribution in [3.05, 3.63) is 58.6 Å². The molecule has 0 radical (unpaired) electrons. The quantitative estimate of drug-likeness (QED) is 0.653. The number of aryl methyl sites for hydroxylation is 1. The van der Waals surface area contributed by atoms with Crippen LogP contribution in [0.25, 0.3) is 11.1 Å². The molecule has 0 N–H and O–H groups in total. The number of Topliss-reactive ketones (excluding diaryl/α,β-unsaturated/α-hetero) is 2. The highest BCUT2D eigenvalue weighted by molar-refractivity contribution is 7.89. The molecule has 0 aliphatic carbocycles. The van der Waals surface area contributed by atoms with Gasteiger partial charge in [-0.05, 0) is 74.6 Å². The molecule has 1 saturated heterocycles. The Morgan fingerprint density at radius 3 is 1.89 bits per heavy atom. The van der Waals surface area contributed by atoms with Crippen LogP contribution in [0.2, 0.25) is 5.02 Å². The van der Waals surface area contributed by atoms with Crippen molar-refractivity contribution in [2.75, 3.05) is 0 Å². The first-order valence-electron chi connectivity index (χ1n) is 9.41. The summed E-state index contributed by atoms with van der Waals surface area (Å²) in [5.41, 5.74) is 3.57. The monoisotopic (exact) mass is 416 g/mol. The molecule has 2 aromatic rings. The van der Waals surface area contributed by atoms with Gasteiger partial charge in [-0.15, -0.1) is 0 Å². The second-order valence-corrected chi connectivity index (χ2v) is 11.2. The van der Waals surface area contributed by atoms with Crippen molar-refractivity contribution in [2.24, 2.45) is 0 Å². The van der Waals surface area contributed by atoms with Gasteiger partial charge >= 0.3 is 0 Å². The summed E-state index contributed by atoms with van der Waals surface area (Å²) >= 11 is 6.00.